The molecule has 1 aromatic heterocycles. The number of tetrazole rings is 1. The molecule has 23 heteroatoms. The Hall–Kier alpha value is -6.73. The molecule has 2 heterocycles. The molecule has 1 aliphatic rings. The first kappa shape index (κ1) is 57.0. The largest absolute Gasteiger partial charge is 0.497 e. The Morgan fingerprint density at radius 1 is 0.803 bits per heavy atom. The third-order valence-electron chi connectivity index (χ3n) is 13.7. The number of carbonyl (C=O) groups is 2. The van der Waals surface area contributed by atoms with Crippen LogP contribution in [0.15, 0.2) is 137 Å². The van der Waals surface area contributed by atoms with Gasteiger partial charge in [-0.2, -0.15) is 9.10 Å². The molecule has 2 amide bonds. The van der Waals surface area contributed by atoms with Gasteiger partial charge in [0.05, 0.1) is 25.3 Å². The molecule has 1 fully saturated rings. The van der Waals surface area contributed by atoms with Gasteiger partial charge in [0.2, 0.25) is 25.9 Å². The summed E-state index contributed by atoms with van der Waals surface area (Å²) in [6.45, 7) is 9.69. The van der Waals surface area contributed by atoms with E-state index in [1.807, 2.05) is 93.4 Å². The number of hydrogen-bond donors (Lipinski definition) is 5. The number of nitrogens with two attached hydrogens (primary N) is 1. The quantitative estimate of drug-likeness (QED) is 0.0407. The number of amides is 2. The van der Waals surface area contributed by atoms with Crippen LogP contribution < -0.4 is 30.7 Å². The van der Waals surface area contributed by atoms with Crippen molar-refractivity contribution in [1.82, 2.24) is 39.9 Å². The van der Waals surface area contributed by atoms with Gasteiger partial charge in [0, 0.05) is 57.0 Å². The normalized spacial score (nSPS) is 14.5. The lowest BCUT2D eigenvalue weighted by molar-refractivity contribution is 0.135. The number of ether oxygens (including phenoxy) is 2. The first-order valence-electron chi connectivity index (χ1n) is 24.8. The second kappa shape index (κ2) is 24.5. The van der Waals surface area contributed by atoms with E-state index < -0.39 is 68.5 Å². The van der Waals surface area contributed by atoms with Crippen molar-refractivity contribution < 1.29 is 45.4 Å². The summed E-state index contributed by atoms with van der Waals surface area (Å²) in [6.07, 6.45) is -2.30. The number of hydrogen-bond acceptors (Lipinski definition) is 14. The first-order chi connectivity index (χ1) is 36.1. The van der Waals surface area contributed by atoms with Crippen molar-refractivity contribution in [3.63, 3.8) is 0 Å². The predicted molar refractivity (Wildman–Crippen MR) is 291 cm³/mol. The number of aromatic nitrogens is 4. The van der Waals surface area contributed by atoms with E-state index in [1.165, 1.54) is 21.2 Å². The van der Waals surface area contributed by atoms with Gasteiger partial charge in [-0.05, 0) is 82.7 Å². The number of piperidine rings is 1. The summed E-state index contributed by atoms with van der Waals surface area (Å²) in [7, 11) is -10.8. The van der Waals surface area contributed by atoms with Crippen molar-refractivity contribution in [3.8, 4) is 17.1 Å². The van der Waals surface area contributed by atoms with Crippen molar-refractivity contribution in [1.29, 1.82) is 0 Å². The van der Waals surface area contributed by atoms with Crippen molar-refractivity contribution >= 4 is 46.2 Å². The summed E-state index contributed by atoms with van der Waals surface area (Å²) >= 11 is 0. The van der Waals surface area contributed by atoms with Gasteiger partial charge in [-0.15, -0.1) is 10.2 Å². The Kier molecular flexibility index (Phi) is 18.4. The molecule has 76 heavy (non-hydrogen) atoms. The van der Waals surface area contributed by atoms with E-state index in [0.29, 0.717) is 35.4 Å². The first-order valence-corrected chi connectivity index (χ1v) is 30.7. The van der Waals surface area contributed by atoms with Crippen LogP contribution >= 0.6 is 0 Å². The lowest BCUT2D eigenvalue weighted by atomic mass is 9.88. The Balaban J connectivity index is 1.35. The topological polar surface area (TPSA) is 263 Å². The van der Waals surface area contributed by atoms with E-state index in [2.05, 4.69) is 25.7 Å². The lowest BCUT2D eigenvalue weighted by Gasteiger charge is -2.41. The third-order valence-corrected chi connectivity index (χ3v) is 21.7. The zero-order valence-corrected chi connectivity index (χ0v) is 46.3. The van der Waals surface area contributed by atoms with Gasteiger partial charge in [0.15, 0.2) is 8.32 Å². The maximum absolute atomic E-state index is 16.2. The summed E-state index contributed by atoms with van der Waals surface area (Å²) in [5.74, 6) is 0.464. The summed E-state index contributed by atoms with van der Waals surface area (Å²) in [5.41, 5.74) is 9.09. The van der Waals surface area contributed by atoms with Gasteiger partial charge in [-0.25, -0.2) is 31.1 Å². The smallest absolute Gasteiger partial charge is 0.407 e. The number of sulfonamides is 2. The summed E-state index contributed by atoms with van der Waals surface area (Å²) in [6, 6.07) is 37.2. The fraction of sp³-hybridized carbons (Fsp3) is 0.377. The molecule has 1 aliphatic heterocycles. The summed E-state index contributed by atoms with van der Waals surface area (Å²) in [4.78, 5) is 26.6. The molecule has 0 radical (unpaired) electrons. The second-order valence-corrected chi connectivity index (χ2v) is 28.7. The maximum Gasteiger partial charge on any atom is 0.407 e. The van der Waals surface area contributed by atoms with E-state index in [9.17, 15) is 14.7 Å². The van der Waals surface area contributed by atoms with E-state index in [-0.39, 0.29) is 68.8 Å². The van der Waals surface area contributed by atoms with Crippen molar-refractivity contribution in [2.24, 2.45) is 5.73 Å². The van der Waals surface area contributed by atoms with Crippen molar-refractivity contribution in [3.05, 3.63) is 150 Å². The Morgan fingerprint density at radius 3 is 1.93 bits per heavy atom. The minimum absolute atomic E-state index is 0.0768. The van der Waals surface area contributed by atoms with Crippen LogP contribution in [0.1, 0.15) is 55.9 Å². The minimum Gasteiger partial charge on any atom is -0.497 e. The molecule has 6 N–H and O–H groups in total. The highest BCUT2D eigenvalue weighted by Gasteiger charge is 2.42. The number of benzene rings is 5. The summed E-state index contributed by atoms with van der Waals surface area (Å²) in [5, 5.41) is 28.0. The third kappa shape index (κ3) is 14.8. The average Bonchev–Trinajstić information content (AvgIpc) is 3.87. The molecule has 5 aromatic carbocycles. The average molecular weight is 1100 g/mol. The van der Waals surface area contributed by atoms with Gasteiger partial charge in [0.25, 0.3) is 0 Å². The van der Waals surface area contributed by atoms with Gasteiger partial charge in [-0.1, -0.05) is 124 Å². The fourth-order valence-corrected chi connectivity index (χ4v) is 13.2. The molecule has 7 rings (SSSR count). The van der Waals surface area contributed by atoms with Gasteiger partial charge in [0.1, 0.15) is 22.1 Å². The molecule has 1 atom stereocenters. The van der Waals surface area contributed by atoms with Crippen LogP contribution in [-0.2, 0) is 55.5 Å². The van der Waals surface area contributed by atoms with Crippen LogP contribution in [0.5, 0.6) is 5.75 Å². The highest BCUT2D eigenvalue weighted by atomic mass is 32.2. The van der Waals surface area contributed by atoms with Gasteiger partial charge >= 0.3 is 12.2 Å². The number of alkyl carbamates (subject to hydrolysis) is 1. The molecule has 1 saturated heterocycles. The molecule has 406 valence electrons. The molecule has 0 bridgehead atoms. The standard InChI is InChI=1S/C53H68N10O10S2Si/c1-52(2,3)76(5,6)73-44(32-55-50(64)65)33-57-74(67,68)46-27-26-45(61-30-28-53(54,29-31-61)38-56-51(66)72-37-42-20-14-9-15-21-42)47(49-58-60-63(59-49)36-41-22-24-43(71-4)25-23-41)48(46)75(69,70)62(34-39-16-10-7-11-17-39)35-40-18-12-8-13-19-40/h7-27,44,55,57H,28-38,54H2,1-6H3,(H,56,66)(H,64,65). The number of anilines is 1. The highest BCUT2D eigenvalue weighted by molar-refractivity contribution is 7.92. The zero-order valence-electron chi connectivity index (χ0n) is 43.7. The van der Waals surface area contributed by atoms with Gasteiger partial charge < -0.3 is 40.3 Å². The van der Waals surface area contributed by atoms with Crippen LogP contribution in [0.2, 0.25) is 18.1 Å². The minimum atomic E-state index is -4.93. The fourth-order valence-electron chi connectivity index (χ4n) is 8.36. The van der Waals surface area contributed by atoms with Crippen LogP contribution in [0.25, 0.3) is 11.4 Å². The predicted octanol–water partition coefficient (Wildman–Crippen LogP) is 6.95. The number of nitrogens with zero attached hydrogens (tertiary/aromatic N) is 6. The zero-order chi connectivity index (χ0) is 54.7. The Morgan fingerprint density at radius 2 is 1.38 bits per heavy atom. The molecular weight excluding hydrogens is 1030 g/mol. The van der Waals surface area contributed by atoms with E-state index in [0.717, 1.165) is 11.1 Å². The van der Waals surface area contributed by atoms with E-state index in [1.54, 1.807) is 67.8 Å². The Labute approximate surface area is 446 Å². The molecule has 0 spiro atoms. The van der Waals surface area contributed by atoms with E-state index in [4.69, 9.17) is 24.7 Å². The van der Waals surface area contributed by atoms with Crippen LogP contribution in [0, 0.1) is 0 Å². The number of nitrogens with one attached hydrogen (secondary N) is 3. The van der Waals surface area contributed by atoms with Crippen molar-refractivity contribution in [2.45, 2.75) is 99.4 Å². The van der Waals surface area contributed by atoms with Crippen LogP contribution in [0.4, 0.5) is 15.3 Å². The number of methoxy groups -OCH3 is 1. The molecule has 0 aliphatic carbocycles. The second-order valence-electron chi connectivity index (χ2n) is 20.3. The van der Waals surface area contributed by atoms with Crippen molar-refractivity contribution in [2.75, 3.05) is 44.7 Å². The van der Waals surface area contributed by atoms with Crippen LogP contribution in [0.3, 0.4) is 0 Å². The molecule has 20 nitrogen and oxygen atoms in total. The SMILES string of the molecule is COc1ccc(Cn2nnc(-c3c(N4CCC(N)(CNC(=O)OCc5ccccc5)CC4)ccc(S(=O)(=O)NCC(CNC(=O)O)O[Si](C)(C)C(C)(C)C)c3S(=O)(=O)N(Cc3ccccc3)Cc3ccccc3)n2)cc1. The van der Waals surface area contributed by atoms with Gasteiger partial charge in [-0.3, -0.25) is 0 Å². The molecular formula is C53H68N10O10S2Si. The molecule has 0 saturated carbocycles. The highest BCUT2D eigenvalue weighted by Crippen LogP contribution is 2.43. The Bertz CT molecular complexity index is 3080. The molecule has 1 unspecified atom stereocenters. The maximum atomic E-state index is 16.2. The number of rotatable bonds is 23. The number of carbonyl (C=O) groups excluding carboxylic acids is 1. The number of carboxylic acid groups (broad SMARTS) is 1. The summed E-state index contributed by atoms with van der Waals surface area (Å²) < 4.78 is 84.0. The monoisotopic (exact) mass is 1100 g/mol. The van der Waals surface area contributed by atoms with E-state index >= 15 is 16.8 Å². The molecule has 6 aromatic rings. The lowest BCUT2D eigenvalue weighted by Crippen LogP contribution is -2.56. The van der Waals surface area contributed by atoms with Crippen LogP contribution in [-0.4, -0.2) is 118 Å².